The Hall–Kier alpha value is -1.58. The van der Waals surface area contributed by atoms with Gasteiger partial charge in [-0.3, -0.25) is 0 Å². The van der Waals surface area contributed by atoms with Crippen molar-refractivity contribution in [1.29, 1.82) is 0 Å². The van der Waals surface area contributed by atoms with Gasteiger partial charge in [0.25, 0.3) is 0 Å². The molecule has 2 heterocycles. The Morgan fingerprint density at radius 1 is 1.42 bits per heavy atom. The SMILES string of the molecule is CNc1ncnc2cc(C)oc12. The maximum absolute atomic E-state index is 5.40. The third-order valence-electron chi connectivity index (χ3n) is 1.67. The number of fused-ring (bicyclic) bond motifs is 1. The molecule has 2 aromatic rings. The van der Waals surface area contributed by atoms with E-state index in [1.54, 1.807) is 7.05 Å². The summed E-state index contributed by atoms with van der Waals surface area (Å²) < 4.78 is 5.40. The average Bonchev–Trinajstić information content (AvgIpc) is 2.44. The molecule has 0 aliphatic carbocycles. The molecule has 0 saturated heterocycles. The number of aromatic nitrogens is 2. The van der Waals surface area contributed by atoms with Crippen LogP contribution >= 0.6 is 0 Å². The summed E-state index contributed by atoms with van der Waals surface area (Å²) in [6.45, 7) is 1.89. The zero-order chi connectivity index (χ0) is 8.55. The number of rotatable bonds is 1. The van der Waals surface area contributed by atoms with Crippen LogP contribution in [0.15, 0.2) is 16.8 Å². The topological polar surface area (TPSA) is 51.0 Å². The molecule has 0 aliphatic heterocycles. The molecule has 0 spiro atoms. The van der Waals surface area contributed by atoms with Gasteiger partial charge in [0.15, 0.2) is 11.4 Å². The predicted octanol–water partition coefficient (Wildman–Crippen LogP) is 1.57. The first kappa shape index (κ1) is 7.09. The fraction of sp³-hybridized carbons (Fsp3) is 0.250. The van der Waals surface area contributed by atoms with Gasteiger partial charge in [0.1, 0.15) is 17.6 Å². The van der Waals surface area contributed by atoms with Crippen LogP contribution in [0.5, 0.6) is 0 Å². The van der Waals surface area contributed by atoms with E-state index in [4.69, 9.17) is 4.42 Å². The van der Waals surface area contributed by atoms with Gasteiger partial charge in [-0.25, -0.2) is 9.97 Å². The first-order valence-corrected chi connectivity index (χ1v) is 3.70. The number of hydrogen-bond acceptors (Lipinski definition) is 4. The van der Waals surface area contributed by atoms with Crippen molar-refractivity contribution in [3.63, 3.8) is 0 Å². The van der Waals surface area contributed by atoms with Gasteiger partial charge in [-0.05, 0) is 6.92 Å². The van der Waals surface area contributed by atoms with E-state index in [1.807, 2.05) is 13.0 Å². The van der Waals surface area contributed by atoms with E-state index in [0.717, 1.165) is 22.7 Å². The van der Waals surface area contributed by atoms with Gasteiger partial charge in [-0.2, -0.15) is 0 Å². The Morgan fingerprint density at radius 2 is 2.25 bits per heavy atom. The van der Waals surface area contributed by atoms with Crippen molar-refractivity contribution in [3.8, 4) is 0 Å². The summed E-state index contributed by atoms with van der Waals surface area (Å²) in [6, 6.07) is 1.89. The van der Waals surface area contributed by atoms with E-state index in [1.165, 1.54) is 6.33 Å². The van der Waals surface area contributed by atoms with E-state index in [2.05, 4.69) is 15.3 Å². The molecule has 0 radical (unpaired) electrons. The van der Waals surface area contributed by atoms with Crippen molar-refractivity contribution in [1.82, 2.24) is 9.97 Å². The third kappa shape index (κ3) is 0.922. The molecule has 0 aromatic carbocycles. The fourth-order valence-electron chi connectivity index (χ4n) is 1.15. The number of nitrogens with one attached hydrogen (secondary N) is 1. The van der Waals surface area contributed by atoms with Crippen LogP contribution in [0, 0.1) is 6.92 Å². The number of anilines is 1. The molecule has 0 atom stereocenters. The van der Waals surface area contributed by atoms with Crippen molar-refractivity contribution >= 4 is 16.9 Å². The number of nitrogens with zero attached hydrogens (tertiary/aromatic N) is 2. The van der Waals surface area contributed by atoms with Crippen LogP contribution in [-0.2, 0) is 0 Å². The zero-order valence-electron chi connectivity index (χ0n) is 6.96. The maximum Gasteiger partial charge on any atom is 0.194 e. The highest BCUT2D eigenvalue weighted by molar-refractivity contribution is 5.83. The van der Waals surface area contributed by atoms with E-state index >= 15 is 0 Å². The third-order valence-corrected chi connectivity index (χ3v) is 1.67. The minimum Gasteiger partial charge on any atom is -0.456 e. The molecular weight excluding hydrogens is 154 g/mol. The summed E-state index contributed by atoms with van der Waals surface area (Å²) in [6.07, 6.45) is 1.52. The van der Waals surface area contributed by atoms with Crippen LogP contribution in [-0.4, -0.2) is 17.0 Å². The standard InChI is InChI=1S/C8H9N3O/c1-5-3-6-7(12-5)8(9-2)11-4-10-6/h3-4H,1-2H3,(H,9,10,11). The second-order valence-electron chi connectivity index (χ2n) is 2.54. The Morgan fingerprint density at radius 3 is 3.00 bits per heavy atom. The van der Waals surface area contributed by atoms with Crippen molar-refractivity contribution in [2.45, 2.75) is 6.92 Å². The van der Waals surface area contributed by atoms with Crippen LogP contribution in [0.1, 0.15) is 5.76 Å². The first-order valence-electron chi connectivity index (χ1n) is 3.70. The van der Waals surface area contributed by atoms with Crippen molar-refractivity contribution in [2.24, 2.45) is 0 Å². The lowest BCUT2D eigenvalue weighted by atomic mass is 10.4. The normalized spacial score (nSPS) is 10.5. The van der Waals surface area contributed by atoms with Crippen LogP contribution in [0.2, 0.25) is 0 Å². The Kier molecular flexibility index (Phi) is 1.46. The summed E-state index contributed by atoms with van der Waals surface area (Å²) in [5, 5.41) is 2.94. The molecule has 0 amide bonds. The quantitative estimate of drug-likeness (QED) is 0.693. The molecule has 12 heavy (non-hydrogen) atoms. The van der Waals surface area contributed by atoms with Crippen LogP contribution in [0.3, 0.4) is 0 Å². The number of furan rings is 1. The van der Waals surface area contributed by atoms with Crippen LogP contribution in [0.25, 0.3) is 11.1 Å². The van der Waals surface area contributed by atoms with Gasteiger partial charge in [0.2, 0.25) is 0 Å². The van der Waals surface area contributed by atoms with Crippen molar-refractivity contribution in [2.75, 3.05) is 12.4 Å². The highest BCUT2D eigenvalue weighted by Crippen LogP contribution is 2.21. The number of hydrogen-bond donors (Lipinski definition) is 1. The van der Waals surface area contributed by atoms with Gasteiger partial charge < -0.3 is 9.73 Å². The molecule has 4 heteroatoms. The average molecular weight is 163 g/mol. The van der Waals surface area contributed by atoms with Crippen molar-refractivity contribution < 1.29 is 4.42 Å². The minimum absolute atomic E-state index is 0.720. The highest BCUT2D eigenvalue weighted by Gasteiger charge is 2.05. The summed E-state index contributed by atoms with van der Waals surface area (Å²) in [5.41, 5.74) is 1.56. The lowest BCUT2D eigenvalue weighted by molar-refractivity contribution is 0.578. The van der Waals surface area contributed by atoms with E-state index in [-0.39, 0.29) is 0 Å². The summed E-state index contributed by atoms with van der Waals surface area (Å²) in [4.78, 5) is 8.09. The minimum atomic E-state index is 0.720. The van der Waals surface area contributed by atoms with Gasteiger partial charge >= 0.3 is 0 Å². The second-order valence-corrected chi connectivity index (χ2v) is 2.54. The smallest absolute Gasteiger partial charge is 0.194 e. The monoisotopic (exact) mass is 163 g/mol. The molecule has 0 aliphatic rings. The maximum atomic E-state index is 5.40. The van der Waals surface area contributed by atoms with Gasteiger partial charge in [-0.1, -0.05) is 0 Å². The lowest BCUT2D eigenvalue weighted by Gasteiger charge is -1.96. The summed E-state index contributed by atoms with van der Waals surface area (Å²) in [5.74, 6) is 1.58. The first-order chi connectivity index (χ1) is 5.81. The number of aryl methyl sites for hydroxylation is 1. The molecule has 0 saturated carbocycles. The predicted molar refractivity (Wildman–Crippen MR) is 46.1 cm³/mol. The van der Waals surface area contributed by atoms with E-state index in [0.29, 0.717) is 0 Å². The fourth-order valence-corrected chi connectivity index (χ4v) is 1.15. The highest BCUT2D eigenvalue weighted by atomic mass is 16.3. The van der Waals surface area contributed by atoms with Gasteiger partial charge in [0, 0.05) is 13.1 Å². The molecule has 4 nitrogen and oxygen atoms in total. The molecular formula is C8H9N3O. The molecule has 0 fully saturated rings. The molecule has 62 valence electrons. The zero-order valence-corrected chi connectivity index (χ0v) is 6.96. The molecule has 0 unspecified atom stereocenters. The summed E-state index contributed by atoms with van der Waals surface area (Å²) >= 11 is 0. The second kappa shape index (κ2) is 2.48. The van der Waals surface area contributed by atoms with E-state index in [9.17, 15) is 0 Å². The Balaban J connectivity index is 2.78. The van der Waals surface area contributed by atoms with Crippen LogP contribution in [0.4, 0.5) is 5.82 Å². The van der Waals surface area contributed by atoms with Gasteiger partial charge in [-0.15, -0.1) is 0 Å². The molecule has 0 bridgehead atoms. The lowest BCUT2D eigenvalue weighted by Crippen LogP contribution is -1.92. The summed E-state index contributed by atoms with van der Waals surface area (Å²) in [7, 11) is 1.81. The van der Waals surface area contributed by atoms with Crippen molar-refractivity contribution in [3.05, 3.63) is 18.2 Å². The van der Waals surface area contributed by atoms with Crippen LogP contribution < -0.4 is 5.32 Å². The molecule has 1 N–H and O–H groups in total. The van der Waals surface area contributed by atoms with Gasteiger partial charge in [0.05, 0.1) is 0 Å². The van der Waals surface area contributed by atoms with E-state index < -0.39 is 0 Å². The Bertz CT molecular complexity index is 408. The Labute approximate surface area is 69.6 Å². The molecule has 2 aromatic heterocycles. The molecule has 2 rings (SSSR count). The largest absolute Gasteiger partial charge is 0.456 e.